The van der Waals surface area contributed by atoms with E-state index in [0.717, 1.165) is 36.8 Å². The van der Waals surface area contributed by atoms with E-state index in [9.17, 15) is 20.2 Å². The number of nitrogens with one attached hydrogen (secondary N) is 1. The zero-order valence-electron chi connectivity index (χ0n) is 17.8. The van der Waals surface area contributed by atoms with Crippen LogP contribution in [-0.4, -0.2) is 22.5 Å². The van der Waals surface area contributed by atoms with Crippen LogP contribution < -0.4 is 5.32 Å². The van der Waals surface area contributed by atoms with Crippen molar-refractivity contribution in [1.29, 1.82) is 5.26 Å². The van der Waals surface area contributed by atoms with Gasteiger partial charge in [0.1, 0.15) is 21.7 Å². The summed E-state index contributed by atoms with van der Waals surface area (Å²) in [5.74, 6) is -0.346. The fourth-order valence-electron chi connectivity index (χ4n) is 3.65. The number of hydrogen-bond donors (Lipinski definition) is 1. The van der Waals surface area contributed by atoms with E-state index < -0.39 is 4.92 Å². The van der Waals surface area contributed by atoms with E-state index in [-0.39, 0.29) is 11.7 Å². The lowest BCUT2D eigenvalue weighted by Gasteiger charge is -2.12. The molecule has 3 aromatic rings. The third kappa shape index (κ3) is 4.79. The molecule has 0 saturated heterocycles. The van der Waals surface area contributed by atoms with Gasteiger partial charge in [-0.15, -0.1) is 22.7 Å². The number of ether oxygens (including phenoxy) is 1. The van der Waals surface area contributed by atoms with Gasteiger partial charge in [0, 0.05) is 34.2 Å². The lowest BCUT2D eigenvalue weighted by Crippen LogP contribution is -2.10. The van der Waals surface area contributed by atoms with Crippen LogP contribution in [0.25, 0.3) is 16.8 Å². The number of carbonyl (C=O) groups is 1. The average molecular weight is 481 g/mol. The highest BCUT2D eigenvalue weighted by Gasteiger charge is 2.26. The Morgan fingerprint density at radius 1 is 1.33 bits per heavy atom. The Balaban J connectivity index is 1.60. The molecule has 2 aromatic heterocycles. The first-order valence-corrected chi connectivity index (χ1v) is 12.1. The third-order valence-electron chi connectivity index (χ3n) is 5.23. The maximum Gasteiger partial charge on any atom is 0.341 e. The molecule has 1 aliphatic rings. The molecule has 168 valence electrons. The Labute approximate surface area is 198 Å². The predicted octanol–water partition coefficient (Wildman–Crippen LogP) is 5.81. The molecule has 0 atom stereocenters. The summed E-state index contributed by atoms with van der Waals surface area (Å²) in [5, 5.41) is 26.7. The molecule has 4 rings (SSSR count). The maximum atomic E-state index is 12.6. The fraction of sp³-hybridized carbons (Fsp3) is 0.261. The first kappa shape index (κ1) is 22.6. The van der Waals surface area contributed by atoms with Crippen LogP contribution in [-0.2, 0) is 17.6 Å². The molecule has 0 saturated carbocycles. The van der Waals surface area contributed by atoms with Crippen LogP contribution in [0.3, 0.4) is 0 Å². The van der Waals surface area contributed by atoms with E-state index in [0.29, 0.717) is 33.4 Å². The largest absolute Gasteiger partial charge is 0.462 e. The van der Waals surface area contributed by atoms with Gasteiger partial charge < -0.3 is 10.1 Å². The van der Waals surface area contributed by atoms with Gasteiger partial charge in [-0.1, -0.05) is 0 Å². The van der Waals surface area contributed by atoms with Crippen LogP contribution in [0, 0.1) is 21.4 Å². The Hall–Kier alpha value is -3.55. The van der Waals surface area contributed by atoms with Gasteiger partial charge in [0.2, 0.25) is 0 Å². The number of nitriles is 1. The van der Waals surface area contributed by atoms with Gasteiger partial charge in [0.15, 0.2) is 0 Å². The Morgan fingerprint density at radius 2 is 2.09 bits per heavy atom. The molecule has 0 radical (unpaired) electrons. The van der Waals surface area contributed by atoms with Gasteiger partial charge in [0.25, 0.3) is 5.69 Å². The summed E-state index contributed by atoms with van der Waals surface area (Å²) >= 11 is 2.84. The molecule has 8 nitrogen and oxygen atoms in total. The molecule has 1 aromatic carbocycles. The fourth-order valence-corrected chi connectivity index (χ4v) is 5.69. The summed E-state index contributed by atoms with van der Waals surface area (Å²) in [6.07, 6.45) is 5.49. The second-order valence-electron chi connectivity index (χ2n) is 7.29. The Morgan fingerprint density at radius 3 is 2.79 bits per heavy atom. The van der Waals surface area contributed by atoms with Crippen LogP contribution in [0.2, 0.25) is 0 Å². The van der Waals surface area contributed by atoms with Crippen molar-refractivity contribution in [3.05, 3.63) is 67.0 Å². The van der Waals surface area contributed by atoms with Crippen LogP contribution >= 0.6 is 22.7 Å². The molecule has 0 unspecified atom stereocenters. The number of allylic oxidation sites excluding steroid dienone is 1. The van der Waals surface area contributed by atoms with E-state index in [1.165, 1.54) is 39.7 Å². The number of fused-ring (bicyclic) bond motifs is 1. The zero-order valence-corrected chi connectivity index (χ0v) is 19.4. The van der Waals surface area contributed by atoms with E-state index in [1.54, 1.807) is 30.6 Å². The van der Waals surface area contributed by atoms with Gasteiger partial charge in [0.05, 0.1) is 22.8 Å². The predicted molar refractivity (Wildman–Crippen MR) is 128 cm³/mol. The van der Waals surface area contributed by atoms with Crippen molar-refractivity contribution in [3.63, 3.8) is 0 Å². The standard InChI is InChI=1S/C23H20N4O4S2/c1-2-31-23(28)20-17-5-3-4-6-19(17)33-22(20)25-12-15(11-24)21-26-18(13-32-21)14-7-9-16(10-8-14)27(29)30/h7-10,12-13,25H,2-6H2,1H3/b15-12-. The SMILES string of the molecule is CCOC(=O)c1c(N/C=C(/C#N)c2nc(-c3ccc([N+](=O)[O-])cc3)cs2)sc2c1CCCC2. The first-order chi connectivity index (χ1) is 16.0. The Kier molecular flexibility index (Phi) is 6.82. The number of esters is 1. The van der Waals surface area contributed by atoms with Gasteiger partial charge in [-0.2, -0.15) is 5.26 Å². The number of nitrogens with zero attached hydrogens (tertiary/aromatic N) is 3. The zero-order chi connectivity index (χ0) is 23.4. The molecule has 0 aliphatic heterocycles. The van der Waals surface area contributed by atoms with Crippen molar-refractivity contribution in [2.75, 3.05) is 11.9 Å². The number of carbonyl (C=O) groups excluding carboxylic acids is 1. The monoisotopic (exact) mass is 480 g/mol. The molecule has 0 bridgehead atoms. The highest BCUT2D eigenvalue weighted by atomic mass is 32.1. The minimum absolute atomic E-state index is 0.00654. The lowest BCUT2D eigenvalue weighted by atomic mass is 9.95. The highest BCUT2D eigenvalue weighted by molar-refractivity contribution is 7.16. The summed E-state index contributed by atoms with van der Waals surface area (Å²) in [6, 6.07) is 8.27. The molecule has 1 aliphatic carbocycles. The highest BCUT2D eigenvalue weighted by Crippen LogP contribution is 2.39. The van der Waals surface area contributed by atoms with Crippen molar-refractivity contribution in [2.45, 2.75) is 32.6 Å². The first-order valence-electron chi connectivity index (χ1n) is 10.4. The second-order valence-corrected chi connectivity index (χ2v) is 9.25. The van der Waals surface area contributed by atoms with Gasteiger partial charge >= 0.3 is 5.97 Å². The average Bonchev–Trinajstić information content (AvgIpc) is 3.45. The molecular formula is C23H20N4O4S2. The number of anilines is 1. The molecular weight excluding hydrogens is 460 g/mol. The minimum atomic E-state index is -0.453. The Bertz CT molecular complexity index is 1270. The lowest BCUT2D eigenvalue weighted by molar-refractivity contribution is -0.384. The summed E-state index contributed by atoms with van der Waals surface area (Å²) < 4.78 is 5.28. The smallest absolute Gasteiger partial charge is 0.341 e. The number of non-ortho nitro benzene ring substituents is 1. The summed E-state index contributed by atoms with van der Waals surface area (Å²) in [5.41, 5.74) is 3.31. The number of aryl methyl sites for hydroxylation is 1. The topological polar surface area (TPSA) is 118 Å². The van der Waals surface area contributed by atoms with Crippen molar-refractivity contribution < 1.29 is 14.5 Å². The van der Waals surface area contributed by atoms with E-state index in [4.69, 9.17) is 4.74 Å². The van der Waals surface area contributed by atoms with Gasteiger partial charge in [-0.3, -0.25) is 10.1 Å². The minimum Gasteiger partial charge on any atom is -0.462 e. The van der Waals surface area contributed by atoms with Crippen molar-refractivity contribution in [2.24, 2.45) is 0 Å². The number of nitro benzene ring substituents is 1. The number of thiazole rings is 1. The summed E-state index contributed by atoms with van der Waals surface area (Å²) in [7, 11) is 0. The van der Waals surface area contributed by atoms with Crippen molar-refractivity contribution >= 4 is 44.9 Å². The van der Waals surface area contributed by atoms with Crippen LogP contribution in [0.5, 0.6) is 0 Å². The number of rotatable bonds is 7. The van der Waals surface area contributed by atoms with E-state index in [2.05, 4.69) is 16.4 Å². The molecule has 10 heteroatoms. The molecule has 0 amide bonds. The molecule has 33 heavy (non-hydrogen) atoms. The van der Waals surface area contributed by atoms with Crippen LogP contribution in [0.4, 0.5) is 10.7 Å². The van der Waals surface area contributed by atoms with E-state index in [1.807, 2.05) is 0 Å². The molecule has 2 heterocycles. The van der Waals surface area contributed by atoms with E-state index >= 15 is 0 Å². The van der Waals surface area contributed by atoms with Crippen molar-refractivity contribution in [1.82, 2.24) is 4.98 Å². The number of thiophene rings is 1. The van der Waals surface area contributed by atoms with Crippen molar-refractivity contribution in [3.8, 4) is 17.3 Å². The molecule has 1 N–H and O–H groups in total. The number of aromatic nitrogens is 1. The number of benzene rings is 1. The summed E-state index contributed by atoms with van der Waals surface area (Å²) in [4.78, 5) is 28.7. The quantitative estimate of drug-likeness (QED) is 0.196. The number of nitro groups is 1. The normalized spacial score (nSPS) is 13.2. The van der Waals surface area contributed by atoms with Crippen LogP contribution in [0.15, 0.2) is 35.8 Å². The second kappa shape index (κ2) is 9.94. The van der Waals surface area contributed by atoms with Gasteiger partial charge in [-0.25, -0.2) is 9.78 Å². The van der Waals surface area contributed by atoms with Crippen LogP contribution in [0.1, 0.15) is 45.6 Å². The third-order valence-corrected chi connectivity index (χ3v) is 7.33. The van der Waals surface area contributed by atoms with Gasteiger partial charge in [-0.05, 0) is 50.3 Å². The number of hydrogen-bond acceptors (Lipinski definition) is 9. The molecule has 0 spiro atoms. The molecule has 0 fully saturated rings. The summed E-state index contributed by atoms with van der Waals surface area (Å²) in [6.45, 7) is 2.08. The maximum absolute atomic E-state index is 12.6.